The van der Waals surface area contributed by atoms with Crippen LogP contribution in [0.4, 0.5) is 0 Å². The van der Waals surface area contributed by atoms with Gasteiger partial charge in [-0.3, -0.25) is 4.79 Å². The van der Waals surface area contributed by atoms with E-state index in [9.17, 15) is 9.59 Å². The highest BCUT2D eigenvalue weighted by Crippen LogP contribution is 2.37. The smallest absolute Gasteiger partial charge is 0.335 e. The van der Waals surface area contributed by atoms with Gasteiger partial charge < -0.3 is 10.1 Å². The fraction of sp³-hybridized carbons (Fsp3) is 0.316. The summed E-state index contributed by atoms with van der Waals surface area (Å²) in [4.78, 5) is 33.2. The van der Waals surface area contributed by atoms with Gasteiger partial charge in [-0.05, 0) is 42.9 Å². The highest BCUT2D eigenvalue weighted by Gasteiger charge is 2.24. The van der Waals surface area contributed by atoms with Crippen molar-refractivity contribution in [1.29, 1.82) is 0 Å². The molecule has 0 aliphatic heterocycles. The number of hydrogen-bond acceptors (Lipinski definition) is 4. The standard InChI is InChI=1S/C19H18N2O3S/c1-2-10-3-8-13-14(9-10)25-18-15(13)17(22)20-16(21-18)11-4-6-12(7-5-11)19(23)24/h4-7,10H,2-3,8-9H2,1H3,(H,23,24)(H,20,21,22). The van der Waals surface area contributed by atoms with Gasteiger partial charge in [0.1, 0.15) is 10.7 Å². The van der Waals surface area contributed by atoms with Gasteiger partial charge in [0.2, 0.25) is 0 Å². The molecule has 25 heavy (non-hydrogen) atoms. The number of aromatic carboxylic acids is 1. The molecule has 5 nitrogen and oxygen atoms in total. The van der Waals surface area contributed by atoms with Crippen molar-refractivity contribution in [3.8, 4) is 11.4 Å². The van der Waals surface area contributed by atoms with Crippen LogP contribution in [-0.2, 0) is 12.8 Å². The number of carboxylic acids is 1. The van der Waals surface area contributed by atoms with Gasteiger partial charge in [-0.1, -0.05) is 25.5 Å². The second kappa shape index (κ2) is 6.11. The molecule has 1 aliphatic carbocycles. The van der Waals surface area contributed by atoms with E-state index < -0.39 is 5.97 Å². The van der Waals surface area contributed by atoms with E-state index in [1.807, 2.05) is 0 Å². The second-order valence-electron chi connectivity index (χ2n) is 6.50. The molecule has 0 amide bonds. The van der Waals surface area contributed by atoms with Crippen LogP contribution in [0.25, 0.3) is 21.6 Å². The predicted molar refractivity (Wildman–Crippen MR) is 98.4 cm³/mol. The molecule has 1 aromatic carbocycles. The largest absolute Gasteiger partial charge is 0.478 e. The molecule has 2 aromatic heterocycles. The number of fused-ring (bicyclic) bond motifs is 3. The van der Waals surface area contributed by atoms with E-state index in [1.165, 1.54) is 29.0 Å². The summed E-state index contributed by atoms with van der Waals surface area (Å²) in [6.45, 7) is 2.22. The third-order valence-electron chi connectivity index (χ3n) is 5.00. The van der Waals surface area contributed by atoms with Gasteiger partial charge in [-0.25, -0.2) is 9.78 Å². The first-order chi connectivity index (χ1) is 12.1. The Kier molecular flexibility index (Phi) is 3.92. The molecule has 0 saturated carbocycles. The number of aromatic amines is 1. The summed E-state index contributed by atoms with van der Waals surface area (Å²) in [5, 5.41) is 9.73. The van der Waals surface area contributed by atoms with Gasteiger partial charge >= 0.3 is 5.97 Å². The predicted octanol–water partition coefficient (Wildman–Crippen LogP) is 3.86. The first-order valence-electron chi connectivity index (χ1n) is 8.45. The molecule has 0 saturated heterocycles. The van der Waals surface area contributed by atoms with E-state index in [0.717, 1.165) is 29.5 Å². The van der Waals surface area contributed by atoms with E-state index in [4.69, 9.17) is 5.11 Å². The lowest BCUT2D eigenvalue weighted by atomic mass is 9.86. The van der Waals surface area contributed by atoms with Crippen LogP contribution in [0.1, 0.15) is 40.6 Å². The molecular formula is C19H18N2O3S. The van der Waals surface area contributed by atoms with Crippen LogP contribution in [0.5, 0.6) is 0 Å². The molecule has 128 valence electrons. The molecule has 1 unspecified atom stereocenters. The van der Waals surface area contributed by atoms with Crippen molar-refractivity contribution in [3.63, 3.8) is 0 Å². The highest BCUT2D eigenvalue weighted by molar-refractivity contribution is 7.18. The Morgan fingerprint density at radius 3 is 2.80 bits per heavy atom. The molecule has 6 heteroatoms. The molecule has 2 N–H and O–H groups in total. The molecule has 1 aliphatic rings. The van der Waals surface area contributed by atoms with Crippen LogP contribution in [-0.4, -0.2) is 21.0 Å². The summed E-state index contributed by atoms with van der Waals surface area (Å²) >= 11 is 1.62. The molecular weight excluding hydrogens is 336 g/mol. The fourth-order valence-electron chi connectivity index (χ4n) is 3.51. The van der Waals surface area contributed by atoms with E-state index >= 15 is 0 Å². The van der Waals surface area contributed by atoms with Gasteiger partial charge in [0.05, 0.1) is 10.9 Å². The van der Waals surface area contributed by atoms with Crippen molar-refractivity contribution in [3.05, 3.63) is 50.6 Å². The quantitative estimate of drug-likeness (QED) is 0.748. The average molecular weight is 354 g/mol. The van der Waals surface area contributed by atoms with Gasteiger partial charge in [0.25, 0.3) is 5.56 Å². The number of rotatable bonds is 3. The number of nitrogens with one attached hydrogen (secondary N) is 1. The summed E-state index contributed by atoms with van der Waals surface area (Å²) in [6, 6.07) is 6.39. The van der Waals surface area contributed by atoms with Crippen molar-refractivity contribution in [2.24, 2.45) is 5.92 Å². The first kappa shape index (κ1) is 16.0. The van der Waals surface area contributed by atoms with Crippen LogP contribution in [0.2, 0.25) is 0 Å². The summed E-state index contributed by atoms with van der Waals surface area (Å²) < 4.78 is 0. The Balaban J connectivity index is 1.80. The van der Waals surface area contributed by atoms with Crippen molar-refractivity contribution >= 4 is 27.5 Å². The maximum Gasteiger partial charge on any atom is 0.335 e. The van der Waals surface area contributed by atoms with Crippen LogP contribution in [0.3, 0.4) is 0 Å². The first-order valence-corrected chi connectivity index (χ1v) is 9.26. The zero-order chi connectivity index (χ0) is 17.6. The number of carbonyl (C=O) groups is 1. The lowest BCUT2D eigenvalue weighted by Gasteiger charge is -2.20. The lowest BCUT2D eigenvalue weighted by Crippen LogP contribution is -2.14. The third-order valence-corrected chi connectivity index (χ3v) is 6.15. The molecule has 4 rings (SSSR count). The van der Waals surface area contributed by atoms with Gasteiger partial charge in [-0.2, -0.15) is 0 Å². The Labute approximate surface area is 148 Å². The Hall–Kier alpha value is -2.47. The Morgan fingerprint density at radius 2 is 2.12 bits per heavy atom. The fourth-order valence-corrected chi connectivity index (χ4v) is 4.84. The summed E-state index contributed by atoms with van der Waals surface area (Å²) in [7, 11) is 0. The molecule has 1 atom stereocenters. The maximum atomic E-state index is 12.6. The highest BCUT2D eigenvalue weighted by atomic mass is 32.1. The van der Waals surface area contributed by atoms with Crippen molar-refractivity contribution in [2.45, 2.75) is 32.6 Å². The van der Waals surface area contributed by atoms with Crippen LogP contribution in [0, 0.1) is 5.92 Å². The van der Waals surface area contributed by atoms with E-state index in [2.05, 4.69) is 16.9 Å². The zero-order valence-electron chi connectivity index (χ0n) is 13.8. The SMILES string of the molecule is CCC1CCc2c(sc3nc(-c4ccc(C(=O)O)cc4)[nH]c(=O)c23)C1. The van der Waals surface area contributed by atoms with Crippen molar-refractivity contribution < 1.29 is 9.90 Å². The average Bonchev–Trinajstić information content (AvgIpc) is 2.99. The summed E-state index contributed by atoms with van der Waals surface area (Å²) in [6.07, 6.45) is 4.28. The van der Waals surface area contributed by atoms with Crippen LogP contribution in [0.15, 0.2) is 29.1 Å². The Bertz CT molecular complexity index is 1020. The number of benzene rings is 1. The summed E-state index contributed by atoms with van der Waals surface area (Å²) in [5.41, 5.74) is 1.99. The van der Waals surface area contributed by atoms with Crippen molar-refractivity contribution in [2.75, 3.05) is 0 Å². The second-order valence-corrected chi connectivity index (χ2v) is 7.58. The maximum absolute atomic E-state index is 12.6. The van der Waals surface area contributed by atoms with E-state index in [0.29, 0.717) is 17.3 Å². The monoisotopic (exact) mass is 354 g/mol. The lowest BCUT2D eigenvalue weighted by molar-refractivity contribution is 0.0697. The van der Waals surface area contributed by atoms with Gasteiger partial charge in [0, 0.05) is 10.4 Å². The van der Waals surface area contributed by atoms with E-state index in [-0.39, 0.29) is 11.1 Å². The molecule has 0 spiro atoms. The summed E-state index contributed by atoms with van der Waals surface area (Å²) in [5.74, 6) is 0.211. The number of aromatic nitrogens is 2. The topological polar surface area (TPSA) is 83.0 Å². The molecule has 0 radical (unpaired) electrons. The minimum atomic E-state index is -0.972. The number of carboxylic acid groups (broad SMARTS) is 1. The zero-order valence-corrected chi connectivity index (χ0v) is 14.7. The van der Waals surface area contributed by atoms with Crippen LogP contribution < -0.4 is 5.56 Å². The minimum Gasteiger partial charge on any atom is -0.478 e. The number of nitrogens with zero attached hydrogens (tertiary/aromatic N) is 1. The molecule has 3 aromatic rings. The van der Waals surface area contributed by atoms with Crippen molar-refractivity contribution in [1.82, 2.24) is 9.97 Å². The number of hydrogen-bond donors (Lipinski definition) is 2. The number of aryl methyl sites for hydroxylation is 1. The molecule has 2 heterocycles. The minimum absolute atomic E-state index is 0.102. The van der Waals surface area contributed by atoms with Crippen LogP contribution >= 0.6 is 11.3 Å². The third kappa shape index (κ3) is 2.76. The Morgan fingerprint density at radius 1 is 1.36 bits per heavy atom. The number of H-pyrrole nitrogens is 1. The van der Waals surface area contributed by atoms with E-state index in [1.54, 1.807) is 23.5 Å². The van der Waals surface area contributed by atoms with Gasteiger partial charge in [0.15, 0.2) is 0 Å². The number of thiophene rings is 1. The van der Waals surface area contributed by atoms with Gasteiger partial charge in [-0.15, -0.1) is 11.3 Å². The molecule has 0 bridgehead atoms. The molecule has 0 fully saturated rings. The normalized spacial score (nSPS) is 16.8.